The molecule has 1 aromatic heterocycles. The summed E-state index contributed by atoms with van der Waals surface area (Å²) in [5.41, 5.74) is 0.588. The van der Waals surface area contributed by atoms with Crippen LogP contribution in [-0.4, -0.2) is 53.5 Å². The molecule has 3 atom stereocenters. The number of hydrogen-bond acceptors (Lipinski definition) is 5. The zero-order chi connectivity index (χ0) is 28.0. The van der Waals surface area contributed by atoms with Crippen LogP contribution in [0.25, 0.3) is 10.9 Å². The van der Waals surface area contributed by atoms with Crippen LogP contribution in [0, 0.1) is 11.8 Å². The normalized spacial score (nSPS) is 19.2. The lowest BCUT2D eigenvalue weighted by Gasteiger charge is -2.38. The molecule has 0 radical (unpaired) electrons. The summed E-state index contributed by atoms with van der Waals surface area (Å²) in [5.74, 6) is 0.0900. The standard InChI is InChI=1S/C29H32F4N2O3S/c1-38-21-7-9-26-23(17-21)22(10-12-34-26)25(30)8-6-19-11-13-35(18-20(19)16-28(36)37)14-15-39-27-5-3-2-4-24(27)29(31,32)33/h2-5,7,9-10,12,17,19-20,25H,6,8,11,13-16,18H2,1H3,(H,36,37)/t19-,20+,25+/m1/s1. The molecular weight excluding hydrogens is 532 g/mol. The molecule has 4 rings (SSSR count). The number of carboxylic acid groups (broad SMARTS) is 1. The van der Waals surface area contributed by atoms with Gasteiger partial charge in [0.2, 0.25) is 0 Å². The summed E-state index contributed by atoms with van der Waals surface area (Å²) < 4.78 is 60.6. The number of benzene rings is 2. The van der Waals surface area contributed by atoms with Crippen molar-refractivity contribution in [3.63, 3.8) is 0 Å². The van der Waals surface area contributed by atoms with Crippen LogP contribution >= 0.6 is 11.8 Å². The van der Waals surface area contributed by atoms with Crippen LogP contribution in [0.1, 0.15) is 43.0 Å². The van der Waals surface area contributed by atoms with Crippen LogP contribution in [0.2, 0.25) is 0 Å². The van der Waals surface area contributed by atoms with Crippen LogP contribution in [0.3, 0.4) is 0 Å². The Labute approximate surface area is 229 Å². The van der Waals surface area contributed by atoms with E-state index in [2.05, 4.69) is 9.88 Å². The largest absolute Gasteiger partial charge is 0.497 e. The Kier molecular flexibility index (Phi) is 9.71. The van der Waals surface area contributed by atoms with E-state index >= 15 is 4.39 Å². The Morgan fingerprint density at radius 1 is 1.21 bits per heavy atom. The molecule has 1 N–H and O–H groups in total. The highest BCUT2D eigenvalue weighted by atomic mass is 32.2. The summed E-state index contributed by atoms with van der Waals surface area (Å²) in [5, 5.41) is 10.2. The zero-order valence-corrected chi connectivity index (χ0v) is 22.5. The van der Waals surface area contributed by atoms with Gasteiger partial charge < -0.3 is 14.7 Å². The Hall–Kier alpha value is -2.85. The summed E-state index contributed by atoms with van der Waals surface area (Å²) in [6.07, 6.45) is -2.52. The Balaban J connectivity index is 1.35. The molecular formula is C29H32F4N2O3S. The Morgan fingerprint density at radius 3 is 2.74 bits per heavy atom. The summed E-state index contributed by atoms with van der Waals surface area (Å²) >= 11 is 1.16. The summed E-state index contributed by atoms with van der Waals surface area (Å²) in [6, 6.07) is 12.6. The van der Waals surface area contributed by atoms with Gasteiger partial charge in [-0.1, -0.05) is 12.1 Å². The first-order valence-electron chi connectivity index (χ1n) is 13.0. The number of carbonyl (C=O) groups is 1. The number of pyridine rings is 1. The number of nitrogens with zero attached hydrogens (tertiary/aromatic N) is 2. The highest BCUT2D eigenvalue weighted by Gasteiger charge is 2.34. The number of methoxy groups -OCH3 is 1. The Bertz CT molecular complexity index is 1270. The third kappa shape index (κ3) is 7.63. The monoisotopic (exact) mass is 564 g/mol. The van der Waals surface area contributed by atoms with E-state index in [0.29, 0.717) is 54.0 Å². The first-order chi connectivity index (χ1) is 18.7. The van der Waals surface area contributed by atoms with Crippen molar-refractivity contribution in [1.29, 1.82) is 0 Å². The summed E-state index contributed by atoms with van der Waals surface area (Å²) in [7, 11) is 1.55. The number of aromatic nitrogens is 1. The van der Waals surface area contributed by atoms with Crippen molar-refractivity contribution in [3.05, 3.63) is 65.9 Å². The quantitative estimate of drug-likeness (QED) is 0.195. The lowest BCUT2D eigenvalue weighted by molar-refractivity contribution is -0.140. The van der Waals surface area contributed by atoms with E-state index in [0.717, 1.165) is 24.2 Å². The van der Waals surface area contributed by atoms with Gasteiger partial charge in [-0.25, -0.2) is 4.39 Å². The van der Waals surface area contributed by atoms with E-state index in [-0.39, 0.29) is 29.6 Å². The van der Waals surface area contributed by atoms with Gasteiger partial charge in [0.15, 0.2) is 0 Å². The minimum absolute atomic E-state index is 0.0163. The van der Waals surface area contributed by atoms with E-state index in [9.17, 15) is 23.1 Å². The van der Waals surface area contributed by atoms with Gasteiger partial charge in [-0.2, -0.15) is 13.2 Å². The second-order valence-corrected chi connectivity index (χ2v) is 11.0. The van der Waals surface area contributed by atoms with Crippen LogP contribution < -0.4 is 4.74 Å². The predicted octanol–water partition coefficient (Wildman–Crippen LogP) is 7.26. The maximum absolute atomic E-state index is 15.5. The minimum Gasteiger partial charge on any atom is -0.497 e. The molecule has 0 saturated carbocycles. The molecule has 3 aromatic rings. The fourth-order valence-corrected chi connectivity index (χ4v) is 6.45. The first kappa shape index (κ1) is 29.1. The maximum atomic E-state index is 15.5. The van der Waals surface area contributed by atoms with Gasteiger partial charge in [-0.3, -0.25) is 9.78 Å². The van der Waals surface area contributed by atoms with Gasteiger partial charge >= 0.3 is 12.1 Å². The SMILES string of the molecule is COc1ccc2nccc([C@@H](F)CC[C@@H]3CCN(CCSc4ccccc4C(F)(F)F)C[C@@H]3CC(=O)O)c2c1. The molecule has 39 heavy (non-hydrogen) atoms. The smallest absolute Gasteiger partial charge is 0.417 e. The molecule has 1 aliphatic rings. The van der Waals surface area contributed by atoms with Crippen molar-refractivity contribution in [2.24, 2.45) is 11.8 Å². The molecule has 1 aliphatic heterocycles. The highest BCUT2D eigenvalue weighted by molar-refractivity contribution is 7.99. The number of piperidine rings is 1. The van der Waals surface area contributed by atoms with E-state index in [1.54, 1.807) is 43.6 Å². The van der Waals surface area contributed by atoms with Crippen molar-refractivity contribution < 1.29 is 32.2 Å². The third-order valence-electron chi connectivity index (χ3n) is 7.38. The molecule has 2 aromatic carbocycles. The molecule has 2 heterocycles. The van der Waals surface area contributed by atoms with Gasteiger partial charge in [0.1, 0.15) is 11.9 Å². The lowest BCUT2D eigenvalue weighted by Crippen LogP contribution is -2.42. The molecule has 10 heteroatoms. The molecule has 0 spiro atoms. The van der Waals surface area contributed by atoms with Crippen molar-refractivity contribution >= 4 is 28.6 Å². The van der Waals surface area contributed by atoms with Crippen LogP contribution in [0.15, 0.2) is 59.6 Å². The van der Waals surface area contributed by atoms with Crippen LogP contribution in [0.4, 0.5) is 17.6 Å². The Morgan fingerprint density at radius 2 is 2.00 bits per heavy atom. The number of rotatable bonds is 11. The maximum Gasteiger partial charge on any atom is 0.417 e. The fourth-order valence-electron chi connectivity index (χ4n) is 5.37. The first-order valence-corrected chi connectivity index (χ1v) is 13.9. The molecule has 1 fully saturated rings. The molecule has 0 unspecified atom stereocenters. The second kappa shape index (κ2) is 13.0. The lowest BCUT2D eigenvalue weighted by atomic mass is 9.79. The number of ether oxygens (including phenoxy) is 1. The third-order valence-corrected chi connectivity index (χ3v) is 8.43. The summed E-state index contributed by atoms with van der Waals surface area (Å²) in [6.45, 7) is 1.79. The van der Waals surface area contributed by atoms with E-state index in [1.165, 1.54) is 12.1 Å². The molecule has 0 bridgehead atoms. The molecule has 210 valence electrons. The average molecular weight is 565 g/mol. The van der Waals surface area contributed by atoms with Crippen molar-refractivity contribution in [3.8, 4) is 5.75 Å². The van der Waals surface area contributed by atoms with Gasteiger partial charge in [-0.15, -0.1) is 11.8 Å². The minimum atomic E-state index is -4.41. The number of hydrogen-bond donors (Lipinski definition) is 1. The zero-order valence-electron chi connectivity index (χ0n) is 21.7. The number of halogens is 4. The van der Waals surface area contributed by atoms with E-state index < -0.39 is 23.9 Å². The van der Waals surface area contributed by atoms with Crippen LogP contribution in [0.5, 0.6) is 5.75 Å². The van der Waals surface area contributed by atoms with Gasteiger partial charge in [0, 0.05) is 41.7 Å². The molecule has 0 aliphatic carbocycles. The van der Waals surface area contributed by atoms with Gasteiger partial charge in [0.05, 0.1) is 18.2 Å². The number of thioether (sulfide) groups is 1. The van der Waals surface area contributed by atoms with Crippen molar-refractivity contribution in [2.45, 2.75) is 42.9 Å². The fraction of sp³-hybridized carbons (Fsp3) is 0.448. The molecule has 5 nitrogen and oxygen atoms in total. The number of carboxylic acids is 1. The van der Waals surface area contributed by atoms with E-state index in [1.807, 2.05) is 0 Å². The van der Waals surface area contributed by atoms with Gasteiger partial charge in [0.25, 0.3) is 0 Å². The van der Waals surface area contributed by atoms with Gasteiger partial charge in [-0.05, 0) is 79.6 Å². The number of likely N-dealkylation sites (tertiary alicyclic amines) is 1. The molecule has 0 amide bonds. The highest BCUT2D eigenvalue weighted by Crippen LogP contribution is 2.38. The number of alkyl halides is 4. The average Bonchev–Trinajstić information content (AvgIpc) is 2.91. The molecule has 1 saturated heterocycles. The van der Waals surface area contributed by atoms with Crippen molar-refractivity contribution in [2.75, 3.05) is 32.5 Å². The van der Waals surface area contributed by atoms with E-state index in [4.69, 9.17) is 4.74 Å². The topological polar surface area (TPSA) is 62.7 Å². The second-order valence-electron chi connectivity index (χ2n) is 9.88. The van der Waals surface area contributed by atoms with Crippen molar-refractivity contribution in [1.82, 2.24) is 9.88 Å². The number of aliphatic carboxylic acids is 1. The number of fused-ring (bicyclic) bond motifs is 1. The predicted molar refractivity (Wildman–Crippen MR) is 144 cm³/mol. The van der Waals surface area contributed by atoms with Crippen LogP contribution in [-0.2, 0) is 11.0 Å². The summed E-state index contributed by atoms with van der Waals surface area (Å²) in [4.78, 5) is 18.2.